The summed E-state index contributed by atoms with van der Waals surface area (Å²) in [6, 6.07) is 0. The fraction of sp³-hybridized carbons (Fsp3) is 1.00. The molecule has 0 saturated heterocycles. The van der Waals surface area contributed by atoms with E-state index < -0.39 is 12.5 Å². The van der Waals surface area contributed by atoms with Gasteiger partial charge in [-0.05, 0) is 19.3 Å². The zero-order chi connectivity index (χ0) is 23.0. The summed E-state index contributed by atoms with van der Waals surface area (Å²) in [5.74, 6) is 0. The molecule has 0 saturated carbocycles. The van der Waals surface area contributed by atoms with Crippen molar-refractivity contribution < 1.29 is 10.2 Å². The second-order valence-corrected chi connectivity index (χ2v) is 9.73. The first-order valence-corrected chi connectivity index (χ1v) is 14.3. The van der Waals surface area contributed by atoms with Gasteiger partial charge in [0, 0.05) is 6.54 Å². The number of rotatable bonds is 25. The van der Waals surface area contributed by atoms with E-state index in [2.05, 4.69) is 6.92 Å². The van der Waals surface area contributed by atoms with Crippen molar-refractivity contribution in [2.24, 2.45) is 0 Å². The molecule has 2 atom stereocenters. The molecule has 0 bridgehead atoms. The molecule has 2 N–H and O–H groups in total. The molecule has 3 heteroatoms. The fourth-order valence-electron chi connectivity index (χ4n) is 4.52. The molecule has 31 heavy (non-hydrogen) atoms. The van der Waals surface area contributed by atoms with Crippen LogP contribution in [0.1, 0.15) is 162 Å². The highest BCUT2D eigenvalue weighted by molar-refractivity contribution is 4.64. The lowest BCUT2D eigenvalue weighted by Crippen LogP contribution is -2.43. The normalized spacial score (nSPS) is 13.7. The van der Waals surface area contributed by atoms with Crippen LogP contribution in [0.25, 0.3) is 0 Å². The highest BCUT2D eigenvalue weighted by Crippen LogP contribution is 2.15. The van der Waals surface area contributed by atoms with E-state index in [0.29, 0.717) is 12.8 Å². The van der Waals surface area contributed by atoms with Gasteiger partial charge in [-0.3, -0.25) is 4.90 Å². The van der Waals surface area contributed by atoms with Gasteiger partial charge in [-0.25, -0.2) is 0 Å². The van der Waals surface area contributed by atoms with Gasteiger partial charge in [0.2, 0.25) is 0 Å². The minimum absolute atomic E-state index is 0.504. The summed E-state index contributed by atoms with van der Waals surface area (Å²) in [5, 5.41) is 20.1. The highest BCUT2D eigenvalue weighted by Gasteiger charge is 2.19. The van der Waals surface area contributed by atoms with Gasteiger partial charge in [0.1, 0.15) is 12.5 Å². The van der Waals surface area contributed by atoms with E-state index in [0.717, 1.165) is 13.0 Å². The van der Waals surface area contributed by atoms with E-state index in [1.165, 1.54) is 122 Å². The summed E-state index contributed by atoms with van der Waals surface area (Å²) in [6.45, 7) is 7.04. The molecule has 0 aromatic rings. The van der Waals surface area contributed by atoms with Crippen LogP contribution in [0.15, 0.2) is 0 Å². The van der Waals surface area contributed by atoms with Crippen molar-refractivity contribution in [3.63, 3.8) is 0 Å². The molecular formula is C28H59NO2. The molecule has 0 aliphatic rings. The van der Waals surface area contributed by atoms with E-state index in [-0.39, 0.29) is 0 Å². The summed E-state index contributed by atoms with van der Waals surface area (Å²) in [4.78, 5) is 1.86. The maximum atomic E-state index is 10.0. The monoisotopic (exact) mass is 441 g/mol. The summed E-state index contributed by atoms with van der Waals surface area (Å²) >= 11 is 0. The Bertz CT molecular complexity index is 327. The molecule has 0 heterocycles. The maximum Gasteiger partial charge on any atom is 0.109 e. The molecule has 188 valence electrons. The van der Waals surface area contributed by atoms with Crippen molar-refractivity contribution in [3.8, 4) is 0 Å². The van der Waals surface area contributed by atoms with Gasteiger partial charge < -0.3 is 10.2 Å². The van der Waals surface area contributed by atoms with Crippen LogP contribution < -0.4 is 0 Å². The molecule has 0 amide bonds. The molecule has 0 spiro atoms. The van der Waals surface area contributed by atoms with Crippen molar-refractivity contribution in [2.75, 3.05) is 6.54 Å². The predicted molar refractivity (Wildman–Crippen MR) is 137 cm³/mol. The van der Waals surface area contributed by atoms with Gasteiger partial charge in [-0.1, -0.05) is 143 Å². The third kappa shape index (κ3) is 20.2. The smallest absolute Gasteiger partial charge is 0.109 e. The second kappa shape index (κ2) is 24.5. The van der Waals surface area contributed by atoms with Crippen molar-refractivity contribution >= 4 is 0 Å². The predicted octanol–water partition coefficient (Wildman–Crippen LogP) is 8.57. The lowest BCUT2D eigenvalue weighted by atomic mass is 10.0. The minimum atomic E-state index is -0.504. The zero-order valence-electron chi connectivity index (χ0n) is 21.8. The van der Waals surface area contributed by atoms with Gasteiger partial charge in [0.15, 0.2) is 0 Å². The number of nitrogens with zero attached hydrogens (tertiary/aromatic N) is 1. The Balaban J connectivity index is 3.28. The van der Waals surface area contributed by atoms with Crippen LogP contribution in [0.5, 0.6) is 0 Å². The molecule has 0 aliphatic heterocycles. The summed E-state index contributed by atoms with van der Waals surface area (Å²) in [6.07, 6.45) is 28.2. The Kier molecular flexibility index (Phi) is 24.4. The Labute approximate surface area is 196 Å². The van der Waals surface area contributed by atoms with E-state index in [1.807, 2.05) is 18.7 Å². The van der Waals surface area contributed by atoms with Crippen LogP contribution in [-0.2, 0) is 0 Å². The molecule has 0 aliphatic carbocycles. The lowest BCUT2D eigenvalue weighted by molar-refractivity contribution is -0.104. The first-order chi connectivity index (χ1) is 15.2. The van der Waals surface area contributed by atoms with Gasteiger partial charge in [0.25, 0.3) is 0 Å². The van der Waals surface area contributed by atoms with Crippen LogP contribution in [0.4, 0.5) is 0 Å². The minimum Gasteiger partial charge on any atom is -0.378 e. The van der Waals surface area contributed by atoms with Gasteiger partial charge in [-0.2, -0.15) is 0 Å². The number of aliphatic hydroxyl groups excluding tert-OH is 2. The van der Waals surface area contributed by atoms with Crippen LogP contribution >= 0.6 is 0 Å². The van der Waals surface area contributed by atoms with Crippen molar-refractivity contribution in [2.45, 2.75) is 174 Å². The van der Waals surface area contributed by atoms with Gasteiger partial charge in [0.05, 0.1) is 0 Å². The van der Waals surface area contributed by atoms with Crippen LogP contribution in [0, 0.1) is 0 Å². The Morgan fingerprint density at radius 1 is 0.419 bits per heavy atom. The van der Waals surface area contributed by atoms with Gasteiger partial charge in [-0.15, -0.1) is 0 Å². The van der Waals surface area contributed by atoms with Crippen LogP contribution in [0.3, 0.4) is 0 Å². The Hall–Kier alpha value is -0.120. The lowest BCUT2D eigenvalue weighted by Gasteiger charge is -2.31. The molecule has 0 aromatic carbocycles. The van der Waals surface area contributed by atoms with Gasteiger partial charge >= 0.3 is 0 Å². The van der Waals surface area contributed by atoms with E-state index in [1.54, 1.807) is 0 Å². The quantitative estimate of drug-likeness (QED) is 0.110. The maximum absolute atomic E-state index is 10.0. The van der Waals surface area contributed by atoms with E-state index in [9.17, 15) is 10.2 Å². The molecule has 3 nitrogen and oxygen atoms in total. The van der Waals surface area contributed by atoms with Crippen LogP contribution in [-0.4, -0.2) is 34.1 Å². The standard InChI is InChI=1S/C28H59NO2/c1-4-7-8-9-10-11-12-13-14-15-16-17-18-19-20-21-22-23-24-25-26-29(27(30)5-2)28(31)6-3/h27-28,30-31H,4-26H2,1-3H3. The number of unbranched alkanes of at least 4 members (excludes halogenated alkanes) is 19. The topological polar surface area (TPSA) is 43.7 Å². The Morgan fingerprint density at radius 2 is 0.677 bits per heavy atom. The summed E-state index contributed by atoms with van der Waals surface area (Å²) in [7, 11) is 0. The molecular weight excluding hydrogens is 382 g/mol. The molecule has 0 aromatic heterocycles. The first-order valence-electron chi connectivity index (χ1n) is 14.3. The fourth-order valence-corrected chi connectivity index (χ4v) is 4.52. The van der Waals surface area contributed by atoms with E-state index >= 15 is 0 Å². The number of hydrogen-bond acceptors (Lipinski definition) is 3. The summed E-state index contributed by atoms with van der Waals surface area (Å²) < 4.78 is 0. The SMILES string of the molecule is CCCCCCCCCCCCCCCCCCCCCCN(C(O)CC)C(O)CC. The molecule has 2 unspecified atom stereocenters. The molecule has 0 radical (unpaired) electrons. The Morgan fingerprint density at radius 3 is 0.935 bits per heavy atom. The van der Waals surface area contributed by atoms with Crippen molar-refractivity contribution in [1.82, 2.24) is 4.90 Å². The zero-order valence-corrected chi connectivity index (χ0v) is 21.8. The van der Waals surface area contributed by atoms with Crippen molar-refractivity contribution in [1.29, 1.82) is 0 Å². The second-order valence-electron chi connectivity index (χ2n) is 9.73. The third-order valence-corrected chi connectivity index (χ3v) is 6.77. The number of hydrogen-bond donors (Lipinski definition) is 2. The van der Waals surface area contributed by atoms with Crippen LogP contribution in [0.2, 0.25) is 0 Å². The largest absolute Gasteiger partial charge is 0.378 e. The highest BCUT2D eigenvalue weighted by atomic mass is 16.3. The van der Waals surface area contributed by atoms with Crippen molar-refractivity contribution in [3.05, 3.63) is 0 Å². The molecule has 0 rings (SSSR count). The number of aliphatic hydroxyl groups is 2. The first kappa shape index (κ1) is 30.9. The summed E-state index contributed by atoms with van der Waals surface area (Å²) in [5.41, 5.74) is 0. The molecule has 0 fully saturated rings. The third-order valence-electron chi connectivity index (χ3n) is 6.77. The average molecular weight is 442 g/mol. The average Bonchev–Trinajstić information content (AvgIpc) is 2.79. The van der Waals surface area contributed by atoms with E-state index in [4.69, 9.17) is 0 Å².